The minimum Gasteiger partial charge on any atom is -0.505 e. The van der Waals surface area contributed by atoms with E-state index in [1.54, 1.807) is 18.3 Å². The summed E-state index contributed by atoms with van der Waals surface area (Å²) in [5.41, 5.74) is 15.8. The summed E-state index contributed by atoms with van der Waals surface area (Å²) in [7, 11) is -3.72. The molecule has 4 aromatic heterocycles. The van der Waals surface area contributed by atoms with E-state index in [0.29, 0.717) is 76.6 Å². The lowest BCUT2D eigenvalue weighted by molar-refractivity contribution is -0.127. The zero-order valence-electron chi connectivity index (χ0n) is 49.8. The van der Waals surface area contributed by atoms with Gasteiger partial charge in [0, 0.05) is 73.5 Å². The maximum atomic E-state index is 15.5. The summed E-state index contributed by atoms with van der Waals surface area (Å²) in [5, 5.41) is 27.0. The average molecular weight is 1180 g/mol. The number of hydrogen-bond acceptors (Lipinski definition) is 11. The molecule has 6 N–H and O–H groups in total. The highest BCUT2D eigenvalue weighted by atomic mass is 28.3. The molecule has 16 nitrogen and oxygen atoms in total. The van der Waals surface area contributed by atoms with E-state index in [1.165, 1.54) is 12.1 Å². The molecule has 8 aromatic rings. The lowest BCUT2D eigenvalue weighted by atomic mass is 9.85. The number of H-pyrrole nitrogens is 2. The first kappa shape index (κ1) is 61.7. The van der Waals surface area contributed by atoms with Crippen molar-refractivity contribution in [1.82, 2.24) is 44.8 Å². The van der Waals surface area contributed by atoms with Crippen molar-refractivity contribution < 1.29 is 37.6 Å². The number of nitrogens with one attached hydrogen (secondary N) is 3. The maximum Gasteiger partial charge on any atom is 0.223 e. The number of imidazole rings is 2. The fraction of sp³-hybridized carbons (Fsp3) is 0.459. The van der Waals surface area contributed by atoms with Gasteiger partial charge in [0.25, 0.3) is 0 Å². The van der Waals surface area contributed by atoms with Crippen LogP contribution >= 0.6 is 0 Å². The van der Waals surface area contributed by atoms with Crippen molar-refractivity contribution in [2.24, 2.45) is 11.7 Å². The lowest BCUT2D eigenvalue weighted by Crippen LogP contribution is -2.34. The molecule has 1 fully saturated rings. The lowest BCUT2D eigenvalue weighted by Gasteiger charge is -2.23. The van der Waals surface area contributed by atoms with Crippen LogP contribution in [-0.4, -0.2) is 101 Å². The number of phenolic OH excluding ortho intramolecular Hbond substituents is 1. The second-order valence-electron chi connectivity index (χ2n) is 25.0. The Morgan fingerprint density at radius 3 is 2.04 bits per heavy atom. The zero-order chi connectivity index (χ0) is 58.9. The summed E-state index contributed by atoms with van der Waals surface area (Å²) in [5.74, 6) is 0.369. The molecule has 1 aliphatic carbocycles. The van der Waals surface area contributed by atoms with Gasteiger partial charge in [-0.3, -0.25) is 9.89 Å². The number of aromatic amines is 2. The number of ether oxygens (including phenoxy) is 4. The average Bonchev–Trinajstić information content (AvgIpc) is 3.14. The minimum absolute atomic E-state index is 0.0283. The van der Waals surface area contributed by atoms with Crippen LogP contribution in [0, 0.1) is 17.6 Å². The number of carbonyl (C=O) groups is 1. The smallest absolute Gasteiger partial charge is 0.223 e. The van der Waals surface area contributed by atoms with Crippen LogP contribution < -0.4 is 15.8 Å². The Morgan fingerprint density at radius 1 is 0.780 bits per heavy atom. The normalized spacial score (nSPS) is 13.2. The highest BCUT2D eigenvalue weighted by Crippen LogP contribution is 2.37. The monoisotopic (exact) mass is 1170 g/mol. The van der Waals surface area contributed by atoms with Crippen LogP contribution in [0.4, 0.5) is 8.78 Å². The van der Waals surface area contributed by atoms with E-state index in [0.717, 1.165) is 110 Å². The molecule has 440 valence electrons. The summed E-state index contributed by atoms with van der Waals surface area (Å²) in [4.78, 5) is 24.6. The van der Waals surface area contributed by atoms with Crippen LogP contribution in [0.1, 0.15) is 55.6 Å². The maximum absolute atomic E-state index is 15.5. The second-order valence-corrected chi connectivity index (χ2v) is 41.9. The van der Waals surface area contributed by atoms with E-state index < -0.39 is 35.9 Å². The summed E-state index contributed by atoms with van der Waals surface area (Å²) in [6.45, 7) is 28.4. The second kappa shape index (κ2) is 26.9. The van der Waals surface area contributed by atoms with Gasteiger partial charge in [0.05, 0.1) is 35.2 Å². The molecule has 4 aromatic carbocycles. The molecule has 0 radical (unpaired) electrons. The topological polar surface area (TPSA) is 205 Å². The number of carbonyl (C=O) groups excluding carboxylic acids is 1. The van der Waals surface area contributed by atoms with E-state index >= 15 is 4.39 Å². The van der Waals surface area contributed by atoms with E-state index in [2.05, 4.69) is 97.4 Å². The molecule has 0 saturated heterocycles. The quantitative estimate of drug-likeness (QED) is 0.0196. The van der Waals surface area contributed by atoms with Gasteiger partial charge < -0.3 is 44.7 Å². The number of aromatic hydroxyl groups is 1. The van der Waals surface area contributed by atoms with Gasteiger partial charge in [-0.25, -0.2) is 23.4 Å². The zero-order valence-corrected chi connectivity index (χ0v) is 52.8. The fourth-order valence-corrected chi connectivity index (χ4v) is 11.7. The molecule has 0 aliphatic heterocycles. The predicted octanol–water partition coefficient (Wildman–Crippen LogP) is 13.5. The van der Waals surface area contributed by atoms with Crippen molar-refractivity contribution in [1.29, 1.82) is 0 Å². The molecule has 0 atom stereocenters. The minimum atomic E-state index is -1.27. The van der Waals surface area contributed by atoms with Gasteiger partial charge in [0.1, 0.15) is 24.8 Å². The molecule has 9 rings (SSSR count). The molecular weight excluding hydrogens is 1090 g/mol. The number of benzene rings is 4. The van der Waals surface area contributed by atoms with Crippen molar-refractivity contribution >= 4 is 51.9 Å². The summed E-state index contributed by atoms with van der Waals surface area (Å²) < 4.78 is 57.1. The molecule has 21 heteroatoms. The SMILES string of the molecule is CCc1cc(O)c(F)cc1-c1ccc2c(-c3ncc(CNC(=O)C4CCC4)[nH]3)n[nH]c2c1.CCc1cc(OCOCC[Si](C)(C)C)c(F)cc1-c1ccc2c(-c3nc(CN)cn3COCC[Si](C)(C)C)nn(COCC[Si](C)(C)C)c2c1. The van der Waals surface area contributed by atoms with Gasteiger partial charge in [-0.15, -0.1) is 0 Å². The van der Waals surface area contributed by atoms with Crippen LogP contribution in [0.3, 0.4) is 0 Å². The van der Waals surface area contributed by atoms with Gasteiger partial charge >= 0.3 is 0 Å². The number of nitrogens with zero attached hydrogens (tertiary/aromatic N) is 6. The number of fused-ring (bicyclic) bond motifs is 2. The van der Waals surface area contributed by atoms with Crippen LogP contribution in [0.25, 0.3) is 67.1 Å². The number of halogens is 2. The van der Waals surface area contributed by atoms with Gasteiger partial charge in [-0.1, -0.05) is 91.3 Å². The van der Waals surface area contributed by atoms with E-state index in [9.17, 15) is 14.3 Å². The Kier molecular flexibility index (Phi) is 20.3. The summed E-state index contributed by atoms with van der Waals surface area (Å²) in [6.07, 6.45) is 8.10. The standard InChI is InChI=1S/C37H60FN5O4Si3.C24H24FN5O2/c1-11-28-21-35(47-27-46-16-19-50(8,9)10)33(38)22-32(28)29-12-13-31-34(20-29)43(26-45-15-18-49(5,6)7)41-36(31)37-40-30(23-39)24-42(37)25-44-14-17-48(2,3)4;1-2-13-9-21(31)19(25)10-18(13)15-6-7-17-20(8-15)29-30-22(17)23-26-11-16(28-23)12-27-24(32)14-4-3-5-14/h12-13,20-22,24H,11,14-19,23,25-27,39H2,1-10H3;6-11,14,31H,2-5,12H2,1H3,(H,26,28)(H,27,32)(H,29,30). The van der Waals surface area contributed by atoms with Gasteiger partial charge in [-0.05, 0) is 126 Å². The number of aryl methyl sites for hydroxylation is 2. The van der Waals surface area contributed by atoms with E-state index in [4.69, 9.17) is 34.8 Å². The Morgan fingerprint density at radius 2 is 1.40 bits per heavy atom. The molecule has 1 aliphatic rings. The molecule has 0 spiro atoms. The Balaban J connectivity index is 0.000000235. The van der Waals surface area contributed by atoms with Gasteiger partial charge in [0.15, 0.2) is 41.6 Å². The van der Waals surface area contributed by atoms with E-state index in [-0.39, 0.29) is 30.1 Å². The molecule has 82 heavy (non-hydrogen) atoms. The third-order valence-corrected chi connectivity index (χ3v) is 19.9. The van der Waals surface area contributed by atoms with Crippen LogP contribution in [0.15, 0.2) is 73.1 Å². The molecular formula is C61H84F2N10O6Si3. The number of phenols is 1. The fourth-order valence-electron chi connectivity index (χ4n) is 9.44. The third kappa shape index (κ3) is 16.1. The summed E-state index contributed by atoms with van der Waals surface area (Å²) >= 11 is 0. The molecule has 4 heterocycles. The Bertz CT molecular complexity index is 3460. The van der Waals surface area contributed by atoms with Crippen LogP contribution in [0.2, 0.25) is 77.1 Å². The van der Waals surface area contributed by atoms with Crippen molar-refractivity contribution in [3.05, 3.63) is 107 Å². The van der Waals surface area contributed by atoms with Crippen molar-refractivity contribution in [2.45, 2.75) is 150 Å². The van der Waals surface area contributed by atoms with Gasteiger partial charge in [-0.2, -0.15) is 10.2 Å². The van der Waals surface area contributed by atoms with Gasteiger partial charge in [0.2, 0.25) is 5.91 Å². The van der Waals surface area contributed by atoms with Crippen molar-refractivity contribution in [3.63, 3.8) is 0 Å². The van der Waals surface area contributed by atoms with E-state index in [1.807, 2.05) is 52.7 Å². The number of nitrogens with two attached hydrogens (primary N) is 1. The largest absolute Gasteiger partial charge is 0.505 e. The Labute approximate surface area is 484 Å². The molecule has 1 saturated carbocycles. The number of hydrogen-bond donors (Lipinski definition) is 5. The van der Waals surface area contributed by atoms with Crippen LogP contribution in [0.5, 0.6) is 11.5 Å². The third-order valence-electron chi connectivity index (χ3n) is 14.8. The number of aromatic nitrogens is 8. The molecule has 0 unspecified atom stereocenters. The molecule has 0 bridgehead atoms. The highest BCUT2D eigenvalue weighted by molar-refractivity contribution is 6.76. The molecule has 1 amide bonds. The first-order valence-corrected chi connectivity index (χ1v) is 39.9. The van der Waals surface area contributed by atoms with Crippen molar-refractivity contribution in [2.75, 3.05) is 26.6 Å². The number of amides is 1. The number of rotatable bonds is 26. The highest BCUT2D eigenvalue weighted by Gasteiger charge is 2.26. The first-order chi connectivity index (χ1) is 39.0. The van der Waals surface area contributed by atoms with Crippen molar-refractivity contribution in [3.8, 4) is 56.8 Å². The first-order valence-electron chi connectivity index (χ1n) is 28.8. The Hall–Kier alpha value is -6.34. The summed E-state index contributed by atoms with van der Waals surface area (Å²) in [6, 6.07) is 21.3. The van der Waals surface area contributed by atoms with Crippen LogP contribution in [-0.2, 0) is 58.4 Å². The predicted molar refractivity (Wildman–Crippen MR) is 331 cm³/mol.